The zero-order chi connectivity index (χ0) is 18.5. The fraction of sp³-hybridized carbons (Fsp3) is 0.250. The highest BCUT2D eigenvalue weighted by Crippen LogP contribution is 2.29. The van der Waals surface area contributed by atoms with Gasteiger partial charge in [0.1, 0.15) is 5.75 Å². The van der Waals surface area contributed by atoms with Gasteiger partial charge in [0.15, 0.2) is 0 Å². The quantitative estimate of drug-likeness (QED) is 0.642. The summed E-state index contributed by atoms with van der Waals surface area (Å²) in [6.07, 6.45) is 9.92. The summed E-state index contributed by atoms with van der Waals surface area (Å²) in [5.41, 5.74) is 5.12. The van der Waals surface area contributed by atoms with Crippen LogP contribution in [-0.4, -0.2) is 36.1 Å². The van der Waals surface area contributed by atoms with Crippen LogP contribution in [0.5, 0.6) is 5.75 Å². The van der Waals surface area contributed by atoms with E-state index in [1.54, 1.807) is 0 Å². The highest BCUT2D eigenvalue weighted by molar-refractivity contribution is 5.91. The predicted molar refractivity (Wildman–Crippen MR) is 114 cm³/mol. The van der Waals surface area contributed by atoms with Crippen molar-refractivity contribution in [3.63, 3.8) is 0 Å². The molecule has 0 atom stereocenters. The van der Waals surface area contributed by atoms with Gasteiger partial charge in [-0.3, -0.25) is 4.90 Å². The lowest BCUT2D eigenvalue weighted by molar-refractivity contribution is 0.334. The average Bonchev–Trinajstić information content (AvgIpc) is 3.20. The summed E-state index contributed by atoms with van der Waals surface area (Å²) in [6.45, 7) is 5.75. The molecule has 0 saturated carbocycles. The van der Waals surface area contributed by atoms with Crippen LogP contribution in [0, 0.1) is 0 Å². The van der Waals surface area contributed by atoms with E-state index in [1.165, 1.54) is 16.5 Å². The first-order valence-corrected chi connectivity index (χ1v) is 9.71. The van der Waals surface area contributed by atoms with Crippen molar-refractivity contribution in [2.75, 3.05) is 26.2 Å². The monoisotopic (exact) mass is 358 g/mol. The summed E-state index contributed by atoms with van der Waals surface area (Å²) in [4.78, 5) is 5.75. The SMILES string of the molecule is CCOc1ccc2[nH]ccc2c1C=CCN1CC=C(c2ccccc2)CC1. The number of hydrogen-bond donors (Lipinski definition) is 1. The molecule has 3 nitrogen and oxygen atoms in total. The van der Waals surface area contributed by atoms with Crippen molar-refractivity contribution in [1.82, 2.24) is 9.88 Å². The molecule has 0 unspecified atom stereocenters. The van der Waals surface area contributed by atoms with Crippen LogP contribution in [0.2, 0.25) is 0 Å². The van der Waals surface area contributed by atoms with Crippen LogP contribution in [0.4, 0.5) is 0 Å². The van der Waals surface area contributed by atoms with E-state index in [-0.39, 0.29) is 0 Å². The van der Waals surface area contributed by atoms with Gasteiger partial charge in [-0.25, -0.2) is 0 Å². The third kappa shape index (κ3) is 3.99. The molecular formula is C24H26N2O. The topological polar surface area (TPSA) is 28.3 Å². The maximum Gasteiger partial charge on any atom is 0.127 e. The molecule has 0 amide bonds. The lowest BCUT2D eigenvalue weighted by atomic mass is 9.99. The third-order valence-electron chi connectivity index (χ3n) is 5.12. The van der Waals surface area contributed by atoms with E-state index in [9.17, 15) is 0 Å². The molecule has 138 valence electrons. The molecule has 0 radical (unpaired) electrons. The summed E-state index contributed by atoms with van der Waals surface area (Å²) in [5, 5.41) is 1.21. The summed E-state index contributed by atoms with van der Waals surface area (Å²) in [6, 6.07) is 17.0. The molecule has 3 heteroatoms. The van der Waals surface area contributed by atoms with Crippen molar-refractivity contribution in [3.05, 3.63) is 78.0 Å². The molecule has 1 aromatic heterocycles. The molecule has 1 N–H and O–H groups in total. The van der Waals surface area contributed by atoms with Gasteiger partial charge in [-0.2, -0.15) is 0 Å². The summed E-state index contributed by atoms with van der Waals surface area (Å²) >= 11 is 0. The van der Waals surface area contributed by atoms with Crippen molar-refractivity contribution in [2.45, 2.75) is 13.3 Å². The number of ether oxygens (including phenoxy) is 1. The van der Waals surface area contributed by atoms with Gasteiger partial charge in [0.25, 0.3) is 0 Å². The zero-order valence-electron chi connectivity index (χ0n) is 15.8. The van der Waals surface area contributed by atoms with E-state index in [0.717, 1.165) is 42.9 Å². The van der Waals surface area contributed by atoms with Gasteiger partial charge in [-0.15, -0.1) is 0 Å². The minimum atomic E-state index is 0.677. The summed E-state index contributed by atoms with van der Waals surface area (Å²) in [5.74, 6) is 0.950. The van der Waals surface area contributed by atoms with Gasteiger partial charge in [0, 0.05) is 42.3 Å². The first-order valence-electron chi connectivity index (χ1n) is 9.71. The number of benzene rings is 2. The van der Waals surface area contributed by atoms with Crippen molar-refractivity contribution in [1.29, 1.82) is 0 Å². The van der Waals surface area contributed by atoms with E-state index < -0.39 is 0 Å². The third-order valence-corrected chi connectivity index (χ3v) is 5.12. The fourth-order valence-corrected chi connectivity index (χ4v) is 3.70. The Morgan fingerprint density at radius 1 is 1.11 bits per heavy atom. The van der Waals surface area contributed by atoms with E-state index in [1.807, 2.05) is 13.1 Å². The van der Waals surface area contributed by atoms with Crippen LogP contribution < -0.4 is 4.74 Å². The Morgan fingerprint density at radius 2 is 2.00 bits per heavy atom. The second kappa shape index (κ2) is 8.28. The fourth-order valence-electron chi connectivity index (χ4n) is 3.70. The molecule has 3 aromatic rings. The number of aromatic amines is 1. The number of hydrogen-bond acceptors (Lipinski definition) is 2. The number of nitrogens with one attached hydrogen (secondary N) is 1. The number of rotatable bonds is 6. The maximum absolute atomic E-state index is 5.83. The largest absolute Gasteiger partial charge is 0.493 e. The van der Waals surface area contributed by atoms with Crippen LogP contribution in [0.1, 0.15) is 24.5 Å². The minimum absolute atomic E-state index is 0.677. The maximum atomic E-state index is 5.83. The van der Waals surface area contributed by atoms with Gasteiger partial charge in [0.05, 0.1) is 6.61 Å². The van der Waals surface area contributed by atoms with E-state index >= 15 is 0 Å². The first-order chi connectivity index (χ1) is 13.3. The van der Waals surface area contributed by atoms with Crippen LogP contribution >= 0.6 is 0 Å². The Hall–Kier alpha value is -2.78. The van der Waals surface area contributed by atoms with Crippen LogP contribution in [0.3, 0.4) is 0 Å². The van der Waals surface area contributed by atoms with E-state index in [0.29, 0.717) is 6.61 Å². The van der Waals surface area contributed by atoms with Crippen molar-refractivity contribution in [3.8, 4) is 5.75 Å². The summed E-state index contributed by atoms with van der Waals surface area (Å²) in [7, 11) is 0. The molecule has 0 aliphatic carbocycles. The molecule has 0 bridgehead atoms. The molecule has 2 heterocycles. The molecular weight excluding hydrogens is 332 g/mol. The second-order valence-corrected chi connectivity index (χ2v) is 6.86. The highest BCUT2D eigenvalue weighted by atomic mass is 16.5. The van der Waals surface area contributed by atoms with Crippen molar-refractivity contribution < 1.29 is 4.74 Å². The number of fused-ring (bicyclic) bond motifs is 1. The number of H-pyrrole nitrogens is 1. The normalized spacial score (nSPS) is 15.4. The Kier molecular flexibility index (Phi) is 5.40. The Bertz CT molecular complexity index is 953. The lowest BCUT2D eigenvalue weighted by Gasteiger charge is -2.25. The van der Waals surface area contributed by atoms with Gasteiger partial charge >= 0.3 is 0 Å². The molecule has 1 aliphatic heterocycles. The predicted octanol–water partition coefficient (Wildman–Crippen LogP) is 5.37. The Labute approximate surface area is 161 Å². The van der Waals surface area contributed by atoms with Crippen LogP contribution in [-0.2, 0) is 0 Å². The molecule has 27 heavy (non-hydrogen) atoms. The Balaban J connectivity index is 1.44. The molecule has 2 aromatic carbocycles. The molecule has 0 spiro atoms. The summed E-state index contributed by atoms with van der Waals surface area (Å²) < 4.78 is 5.83. The van der Waals surface area contributed by atoms with Crippen LogP contribution in [0.15, 0.2) is 66.9 Å². The van der Waals surface area contributed by atoms with Crippen molar-refractivity contribution in [2.24, 2.45) is 0 Å². The van der Waals surface area contributed by atoms with Gasteiger partial charge in [-0.05, 0) is 42.7 Å². The highest BCUT2D eigenvalue weighted by Gasteiger charge is 2.12. The smallest absolute Gasteiger partial charge is 0.127 e. The Morgan fingerprint density at radius 3 is 2.78 bits per heavy atom. The molecule has 0 saturated heterocycles. The van der Waals surface area contributed by atoms with Gasteiger partial charge in [-0.1, -0.05) is 48.6 Å². The van der Waals surface area contributed by atoms with E-state index in [2.05, 4.69) is 76.6 Å². The first kappa shape index (κ1) is 17.6. The van der Waals surface area contributed by atoms with Gasteiger partial charge in [0.2, 0.25) is 0 Å². The van der Waals surface area contributed by atoms with Gasteiger partial charge < -0.3 is 9.72 Å². The second-order valence-electron chi connectivity index (χ2n) is 6.86. The molecule has 0 fully saturated rings. The average molecular weight is 358 g/mol. The lowest BCUT2D eigenvalue weighted by Crippen LogP contribution is -2.28. The molecule has 1 aliphatic rings. The van der Waals surface area contributed by atoms with E-state index in [4.69, 9.17) is 4.74 Å². The zero-order valence-corrected chi connectivity index (χ0v) is 15.8. The standard InChI is InChI=1S/C24H26N2O/c1-2-27-24-11-10-23-21(12-15-25-23)22(24)9-6-16-26-17-13-20(14-18-26)19-7-4-3-5-8-19/h3-13,15,25H,2,14,16-18H2,1H3. The number of nitrogens with zero attached hydrogens (tertiary/aromatic N) is 1. The van der Waals surface area contributed by atoms with Crippen molar-refractivity contribution >= 4 is 22.6 Å². The number of aromatic nitrogens is 1. The molecule has 4 rings (SSSR count). The minimum Gasteiger partial charge on any atom is -0.493 e. The van der Waals surface area contributed by atoms with Crippen LogP contribution in [0.25, 0.3) is 22.6 Å².